The smallest absolute Gasteiger partial charge is 0.274 e. The number of nitrogens with zero attached hydrogens (tertiary/aromatic N) is 2. The molecule has 1 N–H and O–H groups in total. The van der Waals surface area contributed by atoms with Crippen LogP contribution in [0.25, 0.3) is 0 Å². The van der Waals surface area contributed by atoms with Gasteiger partial charge >= 0.3 is 0 Å². The maximum Gasteiger partial charge on any atom is 0.274 e. The lowest BCUT2D eigenvalue weighted by atomic mass is 9.83. The van der Waals surface area contributed by atoms with Crippen molar-refractivity contribution in [2.75, 3.05) is 5.32 Å². The minimum Gasteiger partial charge on any atom is -0.323 e. The topological polar surface area (TPSA) is 96.0 Å². The fourth-order valence-corrected chi connectivity index (χ4v) is 2.53. The van der Waals surface area contributed by atoms with Gasteiger partial charge in [-0.25, -0.2) is 0 Å². The molecule has 0 unspecified atom stereocenters. The Morgan fingerprint density at radius 1 is 1.48 bits per heavy atom. The summed E-state index contributed by atoms with van der Waals surface area (Å²) in [5, 5.41) is 22.8. The van der Waals surface area contributed by atoms with E-state index in [9.17, 15) is 20.2 Å². The van der Waals surface area contributed by atoms with Gasteiger partial charge < -0.3 is 5.32 Å². The molecule has 1 aromatic rings. The van der Waals surface area contributed by atoms with Gasteiger partial charge in [0.15, 0.2) is 0 Å². The quantitative estimate of drug-likeness (QED) is 0.640. The average molecular weight is 354 g/mol. The maximum absolute atomic E-state index is 12.3. The van der Waals surface area contributed by atoms with Gasteiger partial charge in [0, 0.05) is 16.1 Å². The number of rotatable bonds is 5. The zero-order chi connectivity index (χ0) is 16.2. The molecule has 0 heterocycles. The van der Waals surface area contributed by atoms with Crippen LogP contribution in [-0.2, 0) is 4.79 Å². The Bertz CT molecular complexity index is 619. The van der Waals surface area contributed by atoms with Crippen molar-refractivity contribution >= 4 is 33.2 Å². The number of benzene rings is 1. The molecule has 0 aliphatic rings. The second-order valence-electron chi connectivity index (χ2n) is 4.73. The third kappa shape index (κ3) is 3.39. The Morgan fingerprint density at radius 3 is 2.48 bits per heavy atom. The van der Waals surface area contributed by atoms with E-state index in [1.165, 1.54) is 6.07 Å². The van der Waals surface area contributed by atoms with Crippen LogP contribution in [0.5, 0.6) is 0 Å². The molecule has 0 bridgehead atoms. The minimum atomic E-state index is -1.13. The predicted molar refractivity (Wildman–Crippen MR) is 82.8 cm³/mol. The molecule has 1 aromatic carbocycles. The van der Waals surface area contributed by atoms with Crippen LogP contribution in [0.15, 0.2) is 16.6 Å². The molecule has 21 heavy (non-hydrogen) atoms. The van der Waals surface area contributed by atoms with Crippen LogP contribution in [0, 0.1) is 33.8 Å². The highest BCUT2D eigenvalue weighted by Crippen LogP contribution is 2.33. The summed E-state index contributed by atoms with van der Waals surface area (Å²) in [4.78, 5) is 22.8. The van der Waals surface area contributed by atoms with Crippen molar-refractivity contribution in [3.05, 3.63) is 32.3 Å². The molecule has 0 radical (unpaired) electrons. The summed E-state index contributed by atoms with van der Waals surface area (Å²) in [5.74, 6) is -0.450. The van der Waals surface area contributed by atoms with Crippen molar-refractivity contribution in [1.82, 2.24) is 0 Å². The van der Waals surface area contributed by atoms with Gasteiger partial charge in [-0.3, -0.25) is 14.9 Å². The lowest BCUT2D eigenvalue weighted by Gasteiger charge is -2.22. The molecule has 7 heteroatoms. The van der Waals surface area contributed by atoms with Gasteiger partial charge in [0.1, 0.15) is 5.41 Å². The van der Waals surface area contributed by atoms with E-state index < -0.39 is 16.2 Å². The Hall–Kier alpha value is -1.94. The fraction of sp³-hybridized carbons (Fsp3) is 0.429. The van der Waals surface area contributed by atoms with E-state index in [-0.39, 0.29) is 5.69 Å². The molecule has 0 atom stereocenters. The Balaban J connectivity index is 3.20. The molecule has 0 aliphatic heterocycles. The standard InChI is InChI=1S/C14H16BrN3O3/c1-4-14(5-2,8-16)13(19)17-11-7-12(18(20)21)9(3)6-10(11)15/h6-7H,4-5H2,1-3H3,(H,17,19). The zero-order valence-electron chi connectivity index (χ0n) is 12.1. The zero-order valence-corrected chi connectivity index (χ0v) is 13.7. The summed E-state index contributed by atoms with van der Waals surface area (Å²) in [7, 11) is 0. The van der Waals surface area contributed by atoms with Gasteiger partial charge in [0.05, 0.1) is 16.7 Å². The summed E-state index contributed by atoms with van der Waals surface area (Å²) < 4.78 is 0.540. The number of nitro groups is 1. The summed E-state index contributed by atoms with van der Waals surface area (Å²) in [6, 6.07) is 4.91. The number of nitriles is 1. The number of carbonyl (C=O) groups is 1. The maximum atomic E-state index is 12.3. The third-order valence-electron chi connectivity index (χ3n) is 3.59. The molecular formula is C14H16BrN3O3. The first-order chi connectivity index (χ1) is 9.81. The molecule has 6 nitrogen and oxygen atoms in total. The van der Waals surface area contributed by atoms with Gasteiger partial charge in [-0.2, -0.15) is 5.26 Å². The van der Waals surface area contributed by atoms with Crippen LogP contribution in [0.2, 0.25) is 0 Å². The van der Waals surface area contributed by atoms with E-state index in [4.69, 9.17) is 0 Å². The summed E-state index contributed by atoms with van der Waals surface area (Å²) in [6.07, 6.45) is 0.745. The number of hydrogen-bond acceptors (Lipinski definition) is 4. The second kappa shape index (κ2) is 6.68. The molecule has 0 saturated heterocycles. The van der Waals surface area contributed by atoms with E-state index in [0.717, 1.165) is 0 Å². The SMILES string of the molecule is CCC(C#N)(CC)C(=O)Nc1cc([N+](=O)[O-])c(C)cc1Br. The predicted octanol–water partition coefficient (Wildman–Crippen LogP) is 3.93. The monoisotopic (exact) mass is 353 g/mol. The summed E-state index contributed by atoms with van der Waals surface area (Å²) >= 11 is 3.27. The average Bonchev–Trinajstić information content (AvgIpc) is 2.44. The van der Waals surface area contributed by atoms with Crippen molar-refractivity contribution in [2.45, 2.75) is 33.6 Å². The van der Waals surface area contributed by atoms with Gasteiger partial charge in [-0.1, -0.05) is 13.8 Å². The molecule has 1 amide bonds. The van der Waals surface area contributed by atoms with E-state index in [1.807, 2.05) is 6.07 Å². The van der Waals surface area contributed by atoms with Gasteiger partial charge in [-0.05, 0) is 41.8 Å². The van der Waals surface area contributed by atoms with Crippen molar-refractivity contribution in [3.8, 4) is 6.07 Å². The molecule has 0 fully saturated rings. The number of carbonyl (C=O) groups excluding carboxylic acids is 1. The van der Waals surface area contributed by atoms with Gasteiger partial charge in [-0.15, -0.1) is 0 Å². The number of anilines is 1. The first-order valence-corrected chi connectivity index (χ1v) is 7.27. The van der Waals surface area contributed by atoms with E-state index in [0.29, 0.717) is 28.6 Å². The number of nitro benzene ring substituents is 1. The van der Waals surface area contributed by atoms with Crippen molar-refractivity contribution in [2.24, 2.45) is 5.41 Å². The Kier molecular flexibility index (Phi) is 5.44. The highest BCUT2D eigenvalue weighted by atomic mass is 79.9. The van der Waals surface area contributed by atoms with Crippen molar-refractivity contribution < 1.29 is 9.72 Å². The first-order valence-electron chi connectivity index (χ1n) is 6.48. The number of amides is 1. The molecule has 112 valence electrons. The summed E-state index contributed by atoms with van der Waals surface area (Å²) in [6.45, 7) is 5.14. The third-order valence-corrected chi connectivity index (χ3v) is 4.24. The highest BCUT2D eigenvalue weighted by molar-refractivity contribution is 9.10. The molecule has 0 aliphatic carbocycles. The lowest BCUT2D eigenvalue weighted by molar-refractivity contribution is -0.385. The number of halogens is 1. The van der Waals surface area contributed by atoms with Crippen LogP contribution in [0.4, 0.5) is 11.4 Å². The second-order valence-corrected chi connectivity index (χ2v) is 5.59. The van der Waals surface area contributed by atoms with Crippen molar-refractivity contribution in [3.63, 3.8) is 0 Å². The lowest BCUT2D eigenvalue weighted by Crippen LogP contribution is -2.34. The molecule has 1 rings (SSSR count). The number of nitrogens with one attached hydrogen (secondary N) is 1. The highest BCUT2D eigenvalue weighted by Gasteiger charge is 2.35. The normalized spacial score (nSPS) is 10.8. The van der Waals surface area contributed by atoms with Crippen LogP contribution >= 0.6 is 15.9 Å². The molecular weight excluding hydrogens is 338 g/mol. The van der Waals surface area contributed by atoms with Gasteiger partial charge in [0.2, 0.25) is 5.91 Å². The Morgan fingerprint density at radius 2 is 2.05 bits per heavy atom. The first kappa shape index (κ1) is 17.1. The minimum absolute atomic E-state index is 0.0796. The van der Waals surface area contributed by atoms with Gasteiger partial charge in [0.25, 0.3) is 5.69 Å². The Labute approximate surface area is 131 Å². The molecule has 0 aromatic heterocycles. The van der Waals surface area contributed by atoms with Crippen LogP contribution in [0.1, 0.15) is 32.3 Å². The van der Waals surface area contributed by atoms with Crippen LogP contribution < -0.4 is 5.32 Å². The largest absolute Gasteiger partial charge is 0.323 e. The molecule has 0 saturated carbocycles. The van der Waals surface area contributed by atoms with Crippen LogP contribution in [0.3, 0.4) is 0 Å². The van der Waals surface area contributed by atoms with E-state index in [1.54, 1.807) is 26.8 Å². The number of aryl methyl sites for hydroxylation is 1. The number of hydrogen-bond donors (Lipinski definition) is 1. The molecule has 0 spiro atoms. The van der Waals surface area contributed by atoms with Crippen LogP contribution in [-0.4, -0.2) is 10.8 Å². The van der Waals surface area contributed by atoms with E-state index in [2.05, 4.69) is 21.2 Å². The van der Waals surface area contributed by atoms with E-state index >= 15 is 0 Å². The summed E-state index contributed by atoms with van der Waals surface area (Å²) in [5.41, 5.74) is -0.427. The van der Waals surface area contributed by atoms with Crippen molar-refractivity contribution in [1.29, 1.82) is 5.26 Å². The fourth-order valence-electron chi connectivity index (χ4n) is 1.98.